The van der Waals surface area contributed by atoms with Crippen LogP contribution in [-0.4, -0.2) is 39.6 Å². The van der Waals surface area contributed by atoms with Crippen LogP contribution in [0.1, 0.15) is 33.6 Å². The molecule has 2 heterocycles. The van der Waals surface area contributed by atoms with E-state index in [0.29, 0.717) is 34.6 Å². The molecule has 1 N–H and O–H groups in total. The number of aryl methyl sites for hydroxylation is 2. The Hall–Kier alpha value is -6.35. The number of carbonyl (C=O) groups excluding carboxylic acids is 2. The summed E-state index contributed by atoms with van der Waals surface area (Å²) >= 11 is 0. The normalized spacial score (nSPS) is 16.0. The van der Waals surface area contributed by atoms with Crippen molar-refractivity contribution in [2.45, 2.75) is 38.6 Å². The van der Waals surface area contributed by atoms with E-state index in [4.69, 9.17) is 9.47 Å². The van der Waals surface area contributed by atoms with Crippen molar-refractivity contribution in [1.82, 2.24) is 15.3 Å². The van der Waals surface area contributed by atoms with Crippen LogP contribution < -0.4 is 19.7 Å². The first kappa shape index (κ1) is 35.5. The Balaban J connectivity index is 1.54. The summed E-state index contributed by atoms with van der Waals surface area (Å²) in [5, 5.41) is 13.1. The SMILES string of the molecule is Cc1cc(C)nc(O[C@H](C(=O)Oc2cccc(CO[N+](=O)[O-])c2)[C@@]2(c3ccccc3)NCC(=O)N(Cc3c(F)cc(F)cc3F)c3ccccc32)n1. The Morgan fingerprint density at radius 1 is 0.942 bits per heavy atom. The third-order valence-electron chi connectivity index (χ3n) is 8.34. The van der Waals surface area contributed by atoms with Gasteiger partial charge in [-0.25, -0.2) is 27.9 Å². The number of hydrogen-bond donors (Lipinski definition) is 1. The molecule has 4 aromatic carbocycles. The van der Waals surface area contributed by atoms with E-state index in [1.165, 1.54) is 18.2 Å². The number of carbonyl (C=O) groups is 2. The van der Waals surface area contributed by atoms with Crippen LogP contribution in [0.5, 0.6) is 11.8 Å². The van der Waals surface area contributed by atoms with E-state index in [2.05, 4.69) is 20.1 Å². The molecular formula is C37H30F3N5O7. The molecule has 0 radical (unpaired) electrons. The third kappa shape index (κ3) is 7.39. The van der Waals surface area contributed by atoms with Gasteiger partial charge in [-0.05, 0) is 49.2 Å². The van der Waals surface area contributed by atoms with Crippen LogP contribution in [0.2, 0.25) is 0 Å². The Bertz CT molecular complexity index is 2110. The van der Waals surface area contributed by atoms with Crippen molar-refractivity contribution >= 4 is 17.6 Å². The minimum absolute atomic E-state index is 0.00512. The van der Waals surface area contributed by atoms with E-state index in [9.17, 15) is 32.9 Å². The van der Waals surface area contributed by atoms with Gasteiger partial charge in [-0.2, -0.15) is 0 Å². The van der Waals surface area contributed by atoms with E-state index in [1.54, 1.807) is 80.6 Å². The quantitative estimate of drug-likeness (QED) is 0.0789. The molecule has 1 amide bonds. The second kappa shape index (κ2) is 14.9. The molecule has 2 atom stereocenters. The van der Waals surface area contributed by atoms with Crippen LogP contribution in [-0.2, 0) is 33.1 Å². The lowest BCUT2D eigenvalue weighted by molar-refractivity contribution is -0.763. The summed E-state index contributed by atoms with van der Waals surface area (Å²) in [6.45, 7) is 1.91. The molecule has 12 nitrogen and oxygen atoms in total. The number of esters is 1. The molecule has 266 valence electrons. The van der Waals surface area contributed by atoms with Gasteiger partial charge in [-0.3, -0.25) is 10.1 Å². The van der Waals surface area contributed by atoms with Crippen molar-refractivity contribution in [1.29, 1.82) is 0 Å². The number of hydrogen-bond acceptors (Lipinski definition) is 10. The monoisotopic (exact) mass is 713 g/mol. The number of para-hydroxylation sites is 1. The molecule has 1 aliphatic rings. The maximum absolute atomic E-state index is 15.0. The van der Waals surface area contributed by atoms with Gasteiger partial charge in [0.15, 0.2) is 0 Å². The number of anilines is 1. The lowest BCUT2D eigenvalue weighted by atomic mass is 9.77. The molecule has 0 aliphatic carbocycles. The number of ether oxygens (including phenoxy) is 2. The van der Waals surface area contributed by atoms with E-state index < -0.39 is 71.3 Å². The van der Waals surface area contributed by atoms with E-state index in [-0.39, 0.29) is 23.0 Å². The first-order chi connectivity index (χ1) is 24.9. The van der Waals surface area contributed by atoms with Crippen LogP contribution in [0.25, 0.3) is 0 Å². The zero-order valence-corrected chi connectivity index (χ0v) is 27.7. The summed E-state index contributed by atoms with van der Waals surface area (Å²) < 4.78 is 56.1. The summed E-state index contributed by atoms with van der Waals surface area (Å²) in [5.74, 6) is -5.11. The first-order valence-electron chi connectivity index (χ1n) is 15.9. The van der Waals surface area contributed by atoms with Gasteiger partial charge < -0.3 is 19.2 Å². The molecule has 0 saturated heterocycles. The number of halogens is 3. The van der Waals surface area contributed by atoms with Crippen LogP contribution in [0.3, 0.4) is 0 Å². The molecule has 1 aliphatic heterocycles. The van der Waals surface area contributed by atoms with Crippen LogP contribution in [0.15, 0.2) is 97.1 Å². The number of amides is 1. The van der Waals surface area contributed by atoms with E-state index in [0.717, 1.165) is 4.90 Å². The standard InChI is InChI=1S/C37H30F3N5O7/c1-22-15-23(2)43-36(42-22)52-34(35(47)51-27-12-8-9-24(16-27)21-50-45(48)49)37(25-10-4-3-5-11-25)29-13-6-7-14-32(29)44(33(46)19-41-37)20-28-30(39)17-26(38)18-31(28)40/h3-18,34,41H,19-21H2,1-2H3/t34-,37+/m1/s1. The van der Waals surface area contributed by atoms with E-state index >= 15 is 0 Å². The molecule has 52 heavy (non-hydrogen) atoms. The van der Waals surface area contributed by atoms with Gasteiger partial charge in [0, 0.05) is 40.3 Å². The van der Waals surface area contributed by atoms with Crippen molar-refractivity contribution in [3.05, 3.63) is 158 Å². The van der Waals surface area contributed by atoms with Crippen LogP contribution in [0, 0.1) is 41.4 Å². The second-order valence-electron chi connectivity index (χ2n) is 11.9. The van der Waals surface area contributed by atoms with Crippen molar-refractivity contribution in [3.8, 4) is 11.8 Å². The lowest BCUT2D eigenvalue weighted by Crippen LogP contribution is -2.59. The fourth-order valence-corrected chi connectivity index (χ4v) is 6.14. The number of aromatic nitrogens is 2. The summed E-state index contributed by atoms with van der Waals surface area (Å²) in [5.41, 5.74) is -0.0761. The molecule has 15 heteroatoms. The summed E-state index contributed by atoms with van der Waals surface area (Å²) in [6, 6.07) is 23.5. The minimum Gasteiger partial charge on any atom is -0.445 e. The maximum atomic E-state index is 15.0. The maximum Gasteiger partial charge on any atom is 0.355 e. The van der Waals surface area contributed by atoms with Crippen molar-refractivity contribution in [2.75, 3.05) is 11.4 Å². The molecule has 0 unspecified atom stereocenters. The molecular weight excluding hydrogens is 683 g/mol. The molecule has 5 aromatic rings. The largest absolute Gasteiger partial charge is 0.445 e. The van der Waals surface area contributed by atoms with Gasteiger partial charge in [0.05, 0.1) is 13.1 Å². The number of fused-ring (bicyclic) bond motifs is 1. The topological polar surface area (TPSA) is 146 Å². The number of nitrogens with one attached hydrogen (secondary N) is 1. The Labute approximate surface area is 294 Å². The van der Waals surface area contributed by atoms with Crippen molar-refractivity contribution in [3.63, 3.8) is 0 Å². The van der Waals surface area contributed by atoms with Crippen molar-refractivity contribution in [2.24, 2.45) is 0 Å². The van der Waals surface area contributed by atoms with Gasteiger partial charge in [-0.15, -0.1) is 10.1 Å². The summed E-state index contributed by atoms with van der Waals surface area (Å²) in [4.78, 5) is 53.8. The minimum atomic E-state index is -1.77. The zero-order valence-electron chi connectivity index (χ0n) is 27.7. The Morgan fingerprint density at radius 3 is 2.31 bits per heavy atom. The van der Waals surface area contributed by atoms with Gasteiger partial charge in [0.1, 0.15) is 35.3 Å². The lowest BCUT2D eigenvalue weighted by Gasteiger charge is -2.40. The molecule has 0 bridgehead atoms. The van der Waals surface area contributed by atoms with Gasteiger partial charge in [0.25, 0.3) is 5.09 Å². The smallest absolute Gasteiger partial charge is 0.355 e. The average molecular weight is 714 g/mol. The predicted octanol–water partition coefficient (Wildman–Crippen LogP) is 5.65. The highest BCUT2D eigenvalue weighted by Gasteiger charge is 2.53. The first-order valence-corrected chi connectivity index (χ1v) is 15.9. The molecule has 0 fully saturated rings. The molecule has 0 spiro atoms. The highest BCUT2D eigenvalue weighted by molar-refractivity contribution is 5.97. The Kier molecular flexibility index (Phi) is 10.1. The fraction of sp³-hybridized carbons (Fsp3) is 0.189. The third-order valence-corrected chi connectivity index (χ3v) is 8.34. The molecule has 6 rings (SSSR count). The Morgan fingerprint density at radius 2 is 1.62 bits per heavy atom. The number of nitrogens with zero attached hydrogens (tertiary/aromatic N) is 4. The highest BCUT2D eigenvalue weighted by Crippen LogP contribution is 2.43. The van der Waals surface area contributed by atoms with Crippen molar-refractivity contribution < 1.29 is 42.2 Å². The second-order valence-corrected chi connectivity index (χ2v) is 11.9. The number of rotatable bonds is 11. The number of benzene rings is 4. The molecule has 0 saturated carbocycles. The zero-order chi connectivity index (χ0) is 37.0. The fourth-order valence-electron chi connectivity index (χ4n) is 6.14. The summed E-state index contributed by atoms with van der Waals surface area (Å²) in [6.07, 6.45) is -1.71. The van der Waals surface area contributed by atoms with Crippen LogP contribution >= 0.6 is 0 Å². The van der Waals surface area contributed by atoms with Crippen LogP contribution in [0.4, 0.5) is 18.9 Å². The van der Waals surface area contributed by atoms with Gasteiger partial charge in [0.2, 0.25) is 12.0 Å². The average Bonchev–Trinajstić information content (AvgIpc) is 3.22. The van der Waals surface area contributed by atoms with Gasteiger partial charge >= 0.3 is 12.0 Å². The highest BCUT2D eigenvalue weighted by atomic mass is 19.1. The summed E-state index contributed by atoms with van der Waals surface area (Å²) in [7, 11) is 0. The van der Waals surface area contributed by atoms with Gasteiger partial charge in [-0.1, -0.05) is 60.7 Å². The predicted molar refractivity (Wildman–Crippen MR) is 179 cm³/mol. The molecule has 1 aromatic heterocycles. The van der Waals surface area contributed by atoms with E-state index in [1.807, 2.05) is 0 Å².